The Balaban J connectivity index is 1.56. The average molecular weight is 455 g/mol. The van der Waals surface area contributed by atoms with Crippen LogP contribution in [0.1, 0.15) is 15.9 Å². The number of nitrogens with zero attached hydrogens (tertiary/aromatic N) is 2. The number of thiazole rings is 1. The zero-order chi connectivity index (χ0) is 22.6. The van der Waals surface area contributed by atoms with Crippen LogP contribution in [0.25, 0.3) is 10.2 Å². The fraction of sp³-hybridized carbons (Fsp3) is 0.0370. The highest BCUT2D eigenvalue weighted by molar-refractivity contribution is 7.22. The van der Waals surface area contributed by atoms with E-state index in [1.54, 1.807) is 29.2 Å². The fourth-order valence-electron chi connectivity index (χ4n) is 3.49. The first-order valence-electron chi connectivity index (χ1n) is 10.4. The van der Waals surface area contributed by atoms with Gasteiger partial charge in [-0.15, -0.1) is 0 Å². The van der Waals surface area contributed by atoms with E-state index < -0.39 is 0 Å². The summed E-state index contributed by atoms with van der Waals surface area (Å²) in [5.41, 5.74) is 2.02. The predicted octanol–water partition coefficient (Wildman–Crippen LogP) is 7.07. The summed E-state index contributed by atoms with van der Waals surface area (Å²) in [6.07, 6.45) is 0. The van der Waals surface area contributed by atoms with Crippen molar-refractivity contribution in [3.05, 3.63) is 120 Å². The molecule has 1 amide bonds. The number of para-hydroxylation sites is 2. The maximum absolute atomic E-state index is 13.8. The van der Waals surface area contributed by atoms with Crippen LogP contribution < -0.4 is 9.64 Å². The second kappa shape index (κ2) is 9.22. The summed E-state index contributed by atoms with van der Waals surface area (Å²) in [6, 6.07) is 30.6. The van der Waals surface area contributed by atoms with Gasteiger partial charge in [-0.2, -0.15) is 0 Å². The number of ether oxygens (including phenoxy) is 1. The van der Waals surface area contributed by atoms with Gasteiger partial charge < -0.3 is 4.74 Å². The Bertz CT molecular complexity index is 1400. The third-order valence-electron chi connectivity index (χ3n) is 5.09. The average Bonchev–Trinajstić information content (AvgIpc) is 3.27. The number of carbonyl (C=O) groups excluding carboxylic acids is 1. The van der Waals surface area contributed by atoms with E-state index in [1.165, 1.54) is 23.5 Å². The van der Waals surface area contributed by atoms with Gasteiger partial charge in [0.05, 0.1) is 22.3 Å². The maximum Gasteiger partial charge on any atom is 0.264 e. The van der Waals surface area contributed by atoms with Gasteiger partial charge in [-0.3, -0.25) is 9.69 Å². The Hall–Kier alpha value is -4.03. The highest BCUT2D eigenvalue weighted by atomic mass is 32.1. The molecule has 4 aromatic carbocycles. The fourth-order valence-corrected chi connectivity index (χ4v) is 4.48. The lowest BCUT2D eigenvalue weighted by molar-refractivity contribution is 0.0983. The highest BCUT2D eigenvalue weighted by Gasteiger charge is 2.24. The lowest BCUT2D eigenvalue weighted by Gasteiger charge is -2.21. The van der Waals surface area contributed by atoms with E-state index in [1.807, 2.05) is 66.7 Å². The molecule has 1 aromatic heterocycles. The molecular formula is C27H19FN2O2S. The van der Waals surface area contributed by atoms with Gasteiger partial charge in [0.1, 0.15) is 17.3 Å². The van der Waals surface area contributed by atoms with Gasteiger partial charge in [0.2, 0.25) is 0 Å². The van der Waals surface area contributed by atoms with Crippen LogP contribution in [0.15, 0.2) is 103 Å². The molecular weight excluding hydrogens is 435 g/mol. The first kappa shape index (κ1) is 20.8. The van der Waals surface area contributed by atoms with Gasteiger partial charge in [-0.1, -0.05) is 72.0 Å². The SMILES string of the molecule is O=C(c1ccccc1Oc1ccccc1)N(Cc1ccccc1)c1nc2ccc(F)cc2s1. The van der Waals surface area contributed by atoms with Crippen molar-refractivity contribution >= 4 is 32.6 Å². The van der Waals surface area contributed by atoms with Crippen LogP contribution in [0, 0.1) is 5.82 Å². The normalized spacial score (nSPS) is 10.8. The Morgan fingerprint density at radius 3 is 2.36 bits per heavy atom. The molecule has 0 saturated carbocycles. The minimum absolute atomic E-state index is 0.245. The minimum Gasteiger partial charge on any atom is -0.457 e. The lowest BCUT2D eigenvalue weighted by Crippen LogP contribution is -2.30. The molecule has 0 saturated heterocycles. The molecule has 0 fully saturated rings. The van der Waals surface area contributed by atoms with E-state index in [-0.39, 0.29) is 11.7 Å². The molecule has 33 heavy (non-hydrogen) atoms. The van der Waals surface area contributed by atoms with Crippen LogP contribution in [0.2, 0.25) is 0 Å². The third kappa shape index (κ3) is 4.61. The van der Waals surface area contributed by atoms with Crippen molar-refractivity contribution in [3.8, 4) is 11.5 Å². The van der Waals surface area contributed by atoms with E-state index >= 15 is 0 Å². The number of hydrogen-bond donors (Lipinski definition) is 0. The van der Waals surface area contributed by atoms with Crippen molar-refractivity contribution < 1.29 is 13.9 Å². The molecule has 4 nitrogen and oxygen atoms in total. The van der Waals surface area contributed by atoms with E-state index in [0.29, 0.717) is 39.0 Å². The Kier molecular flexibility index (Phi) is 5.83. The van der Waals surface area contributed by atoms with Gasteiger partial charge in [-0.25, -0.2) is 9.37 Å². The molecule has 6 heteroatoms. The number of fused-ring (bicyclic) bond motifs is 1. The summed E-state index contributed by atoms with van der Waals surface area (Å²) in [4.78, 5) is 20.1. The maximum atomic E-state index is 13.8. The zero-order valence-electron chi connectivity index (χ0n) is 17.5. The first-order chi connectivity index (χ1) is 16.2. The van der Waals surface area contributed by atoms with Gasteiger partial charge in [-0.05, 0) is 48.0 Å². The second-order valence-electron chi connectivity index (χ2n) is 7.40. The number of amides is 1. The van der Waals surface area contributed by atoms with E-state index in [4.69, 9.17) is 4.74 Å². The molecule has 5 aromatic rings. The molecule has 0 unspecified atom stereocenters. The molecule has 0 aliphatic rings. The molecule has 162 valence electrons. The van der Waals surface area contributed by atoms with Crippen LogP contribution in [0.5, 0.6) is 11.5 Å². The topological polar surface area (TPSA) is 42.4 Å². The number of hydrogen-bond acceptors (Lipinski definition) is 4. The summed E-state index contributed by atoms with van der Waals surface area (Å²) >= 11 is 1.28. The number of rotatable bonds is 6. The van der Waals surface area contributed by atoms with Crippen molar-refractivity contribution in [1.29, 1.82) is 0 Å². The highest BCUT2D eigenvalue weighted by Crippen LogP contribution is 2.33. The smallest absolute Gasteiger partial charge is 0.264 e. The minimum atomic E-state index is -0.333. The predicted molar refractivity (Wildman–Crippen MR) is 129 cm³/mol. The molecule has 0 bridgehead atoms. The molecule has 0 aliphatic carbocycles. The van der Waals surface area contributed by atoms with Crippen LogP contribution in [-0.2, 0) is 6.54 Å². The largest absolute Gasteiger partial charge is 0.457 e. The molecule has 0 aliphatic heterocycles. The number of carbonyl (C=O) groups is 1. The zero-order valence-corrected chi connectivity index (χ0v) is 18.3. The van der Waals surface area contributed by atoms with Crippen molar-refractivity contribution in [2.45, 2.75) is 6.54 Å². The van der Waals surface area contributed by atoms with Crippen LogP contribution >= 0.6 is 11.3 Å². The van der Waals surface area contributed by atoms with Crippen LogP contribution in [-0.4, -0.2) is 10.9 Å². The summed E-state index contributed by atoms with van der Waals surface area (Å²) < 4.78 is 20.5. The number of benzene rings is 4. The second-order valence-corrected chi connectivity index (χ2v) is 8.41. The number of aromatic nitrogens is 1. The lowest BCUT2D eigenvalue weighted by atomic mass is 10.1. The van der Waals surface area contributed by atoms with E-state index in [2.05, 4.69) is 4.98 Å². The van der Waals surface area contributed by atoms with E-state index in [9.17, 15) is 9.18 Å². The Morgan fingerprint density at radius 1 is 0.879 bits per heavy atom. The molecule has 5 rings (SSSR count). The monoisotopic (exact) mass is 454 g/mol. The third-order valence-corrected chi connectivity index (χ3v) is 6.13. The molecule has 0 atom stereocenters. The number of halogens is 1. The first-order valence-corrected chi connectivity index (χ1v) is 11.2. The van der Waals surface area contributed by atoms with Crippen molar-refractivity contribution in [1.82, 2.24) is 4.98 Å². The van der Waals surface area contributed by atoms with Crippen LogP contribution in [0.3, 0.4) is 0 Å². The van der Waals surface area contributed by atoms with Gasteiger partial charge >= 0.3 is 0 Å². The quantitative estimate of drug-likeness (QED) is 0.275. The van der Waals surface area contributed by atoms with Crippen molar-refractivity contribution in [2.75, 3.05) is 4.90 Å². The Labute approximate surface area is 194 Å². The van der Waals surface area contributed by atoms with Crippen molar-refractivity contribution in [3.63, 3.8) is 0 Å². The van der Waals surface area contributed by atoms with Gasteiger partial charge in [0.15, 0.2) is 5.13 Å². The molecule has 0 N–H and O–H groups in total. The summed E-state index contributed by atoms with van der Waals surface area (Å²) in [5.74, 6) is 0.520. The number of anilines is 1. The summed E-state index contributed by atoms with van der Waals surface area (Å²) in [6.45, 7) is 0.321. The molecule has 0 spiro atoms. The van der Waals surface area contributed by atoms with Crippen LogP contribution in [0.4, 0.5) is 9.52 Å². The molecule has 1 heterocycles. The standard InChI is InChI=1S/C27H19FN2O2S/c28-20-15-16-23-25(17-20)33-27(29-23)30(18-19-9-3-1-4-10-19)26(31)22-13-7-8-14-24(22)32-21-11-5-2-6-12-21/h1-17H,18H2. The Morgan fingerprint density at radius 2 is 1.58 bits per heavy atom. The van der Waals surface area contributed by atoms with Gasteiger partial charge in [0, 0.05) is 0 Å². The van der Waals surface area contributed by atoms with Gasteiger partial charge in [0.25, 0.3) is 5.91 Å². The van der Waals surface area contributed by atoms with E-state index in [0.717, 1.165) is 5.56 Å². The van der Waals surface area contributed by atoms with Crippen molar-refractivity contribution in [2.24, 2.45) is 0 Å². The summed E-state index contributed by atoms with van der Waals surface area (Å²) in [5, 5.41) is 0.499. The molecule has 0 radical (unpaired) electrons. The summed E-state index contributed by atoms with van der Waals surface area (Å²) in [7, 11) is 0.